The smallest absolute Gasteiger partial charge is 0.235 e. The second-order valence-electron chi connectivity index (χ2n) is 6.78. The van der Waals surface area contributed by atoms with E-state index in [1.807, 2.05) is 11.8 Å². The molecule has 1 saturated heterocycles. The highest BCUT2D eigenvalue weighted by atomic mass is 32.2. The van der Waals surface area contributed by atoms with Gasteiger partial charge >= 0.3 is 0 Å². The molecule has 0 aliphatic carbocycles. The first-order chi connectivity index (χ1) is 12.9. The van der Waals surface area contributed by atoms with Crippen LogP contribution in [0.15, 0.2) is 29.4 Å². The Hall–Kier alpha value is -2.29. The van der Waals surface area contributed by atoms with Crippen molar-refractivity contribution in [3.63, 3.8) is 0 Å². The number of thioether (sulfide) groups is 1. The molecule has 1 aromatic heterocycles. The fourth-order valence-corrected chi connectivity index (χ4v) is 3.73. The van der Waals surface area contributed by atoms with Crippen LogP contribution in [0.25, 0.3) is 0 Å². The highest BCUT2D eigenvalue weighted by molar-refractivity contribution is 8.00. The van der Waals surface area contributed by atoms with Gasteiger partial charge < -0.3 is 15.5 Å². The van der Waals surface area contributed by atoms with E-state index in [1.54, 1.807) is 0 Å². The van der Waals surface area contributed by atoms with Gasteiger partial charge in [0.2, 0.25) is 11.1 Å². The maximum absolute atomic E-state index is 12.9. The highest BCUT2D eigenvalue weighted by Crippen LogP contribution is 2.25. The van der Waals surface area contributed by atoms with Gasteiger partial charge in [0.15, 0.2) is 5.82 Å². The molecule has 0 spiro atoms. The molecule has 0 saturated carbocycles. The van der Waals surface area contributed by atoms with Crippen molar-refractivity contribution in [3.8, 4) is 5.75 Å². The summed E-state index contributed by atoms with van der Waals surface area (Å²) >= 11 is 1.29. The summed E-state index contributed by atoms with van der Waals surface area (Å²) in [5, 5.41) is 8.25. The average molecular weight is 393 g/mol. The van der Waals surface area contributed by atoms with E-state index >= 15 is 0 Å². The third kappa shape index (κ3) is 4.91. The largest absolute Gasteiger partial charge is 0.486 e. The Labute approximate surface area is 162 Å². The molecule has 1 unspecified atom stereocenters. The predicted molar refractivity (Wildman–Crippen MR) is 101 cm³/mol. The van der Waals surface area contributed by atoms with Gasteiger partial charge in [0.1, 0.15) is 18.2 Å². The minimum absolute atomic E-state index is 0.0963. The zero-order valence-corrected chi connectivity index (χ0v) is 16.3. The molecule has 1 fully saturated rings. The molecule has 1 aromatic carbocycles. The van der Waals surface area contributed by atoms with Crippen LogP contribution in [0.2, 0.25) is 0 Å². The van der Waals surface area contributed by atoms with Crippen LogP contribution in [-0.4, -0.2) is 44.0 Å². The number of nitrogens with two attached hydrogens (primary N) is 1. The Bertz CT molecular complexity index is 775. The lowest BCUT2D eigenvalue weighted by Gasteiger charge is -2.31. The number of piperidine rings is 1. The van der Waals surface area contributed by atoms with Crippen LogP contribution in [0.4, 0.5) is 4.39 Å². The standard InChI is InChI=1S/C18H24FN5O2S/c1-12-7-9-23(10-8-12)17(25)13(2)27-18-22-21-16(24(18)20)11-26-15-5-3-14(19)4-6-15/h3-6,12-13H,7-11,20H2,1-2H3. The number of rotatable bonds is 6. The number of carbonyl (C=O) groups is 1. The van der Waals surface area contributed by atoms with Crippen LogP contribution in [0.5, 0.6) is 5.75 Å². The first kappa shape index (κ1) is 19.5. The lowest BCUT2D eigenvalue weighted by Crippen LogP contribution is -2.41. The number of benzene rings is 1. The van der Waals surface area contributed by atoms with Crippen molar-refractivity contribution in [2.75, 3.05) is 18.9 Å². The first-order valence-electron chi connectivity index (χ1n) is 8.97. The molecule has 1 aliphatic rings. The zero-order chi connectivity index (χ0) is 19.4. The van der Waals surface area contributed by atoms with Crippen molar-refractivity contribution in [2.24, 2.45) is 5.92 Å². The number of hydrogen-bond acceptors (Lipinski definition) is 6. The normalized spacial score (nSPS) is 16.3. The fourth-order valence-electron chi connectivity index (χ4n) is 2.86. The third-order valence-electron chi connectivity index (χ3n) is 4.64. The van der Waals surface area contributed by atoms with Gasteiger partial charge in [0.25, 0.3) is 0 Å². The molecule has 3 rings (SSSR count). The third-order valence-corrected chi connectivity index (χ3v) is 5.69. The maximum atomic E-state index is 12.9. The molecular weight excluding hydrogens is 369 g/mol. The van der Waals surface area contributed by atoms with Crippen LogP contribution in [-0.2, 0) is 11.4 Å². The summed E-state index contributed by atoms with van der Waals surface area (Å²) < 4.78 is 19.8. The minimum atomic E-state index is -0.329. The Morgan fingerprint density at radius 2 is 2.00 bits per heavy atom. The van der Waals surface area contributed by atoms with Crippen LogP contribution in [0.1, 0.15) is 32.5 Å². The number of carbonyl (C=O) groups excluding carboxylic acids is 1. The van der Waals surface area contributed by atoms with Gasteiger partial charge in [-0.1, -0.05) is 18.7 Å². The lowest BCUT2D eigenvalue weighted by molar-refractivity contribution is -0.131. The number of hydrogen-bond donors (Lipinski definition) is 1. The summed E-state index contributed by atoms with van der Waals surface area (Å²) in [7, 11) is 0. The second kappa shape index (κ2) is 8.60. The predicted octanol–water partition coefficient (Wildman–Crippen LogP) is 2.45. The molecule has 2 aromatic rings. The molecule has 146 valence electrons. The van der Waals surface area contributed by atoms with Crippen LogP contribution in [0.3, 0.4) is 0 Å². The van der Waals surface area contributed by atoms with E-state index < -0.39 is 0 Å². The average Bonchev–Trinajstić information content (AvgIpc) is 3.01. The molecule has 7 nitrogen and oxygen atoms in total. The number of nitrogen functional groups attached to an aromatic ring is 1. The van der Waals surface area contributed by atoms with Crippen molar-refractivity contribution in [1.29, 1.82) is 0 Å². The summed E-state index contributed by atoms with van der Waals surface area (Å²) in [5.74, 6) is 7.42. The van der Waals surface area contributed by atoms with Gasteiger partial charge in [-0.2, -0.15) is 0 Å². The molecule has 27 heavy (non-hydrogen) atoms. The van der Waals surface area contributed by atoms with Gasteiger partial charge in [-0.15, -0.1) is 10.2 Å². The van der Waals surface area contributed by atoms with Crippen molar-refractivity contribution < 1.29 is 13.9 Å². The van der Waals surface area contributed by atoms with Crippen molar-refractivity contribution >= 4 is 17.7 Å². The second-order valence-corrected chi connectivity index (χ2v) is 8.09. The van der Waals surface area contributed by atoms with Crippen molar-refractivity contribution in [2.45, 2.75) is 43.7 Å². The molecule has 2 heterocycles. The number of nitrogens with zero attached hydrogens (tertiary/aromatic N) is 4. The summed E-state index contributed by atoms with van der Waals surface area (Å²) in [4.78, 5) is 14.5. The van der Waals surface area contributed by atoms with E-state index in [0.717, 1.165) is 25.9 Å². The number of likely N-dealkylation sites (tertiary alicyclic amines) is 1. The van der Waals surface area contributed by atoms with Crippen molar-refractivity contribution in [1.82, 2.24) is 19.8 Å². The van der Waals surface area contributed by atoms with Gasteiger partial charge in [-0.25, -0.2) is 9.07 Å². The Kier molecular flexibility index (Phi) is 6.20. The molecule has 1 aliphatic heterocycles. The summed E-state index contributed by atoms with van der Waals surface area (Å²) in [6.07, 6.45) is 2.09. The van der Waals surface area contributed by atoms with Gasteiger partial charge in [-0.3, -0.25) is 4.79 Å². The van der Waals surface area contributed by atoms with E-state index in [-0.39, 0.29) is 23.6 Å². The number of ether oxygens (including phenoxy) is 1. The monoisotopic (exact) mass is 393 g/mol. The minimum Gasteiger partial charge on any atom is -0.486 e. The first-order valence-corrected chi connectivity index (χ1v) is 9.85. The van der Waals surface area contributed by atoms with Gasteiger partial charge in [0, 0.05) is 13.1 Å². The van der Waals surface area contributed by atoms with E-state index in [9.17, 15) is 9.18 Å². The number of halogens is 1. The van der Waals surface area contributed by atoms with E-state index in [2.05, 4.69) is 17.1 Å². The maximum Gasteiger partial charge on any atom is 0.235 e. The fraction of sp³-hybridized carbons (Fsp3) is 0.500. The SMILES string of the molecule is CC1CCN(C(=O)C(C)Sc2nnc(COc3ccc(F)cc3)n2N)CC1. The number of amides is 1. The molecule has 2 N–H and O–H groups in total. The van der Waals surface area contributed by atoms with E-state index in [0.29, 0.717) is 22.6 Å². The van der Waals surface area contributed by atoms with Crippen LogP contribution >= 0.6 is 11.8 Å². The molecular formula is C18H24FN5O2S. The molecule has 0 bridgehead atoms. The van der Waals surface area contributed by atoms with Crippen molar-refractivity contribution in [3.05, 3.63) is 35.9 Å². The number of aromatic nitrogens is 3. The Morgan fingerprint density at radius 1 is 1.33 bits per heavy atom. The van der Waals surface area contributed by atoms with E-state index in [4.69, 9.17) is 10.6 Å². The Morgan fingerprint density at radius 3 is 2.67 bits per heavy atom. The van der Waals surface area contributed by atoms with E-state index in [1.165, 1.54) is 40.7 Å². The molecule has 1 atom stereocenters. The molecule has 9 heteroatoms. The summed E-state index contributed by atoms with van der Waals surface area (Å²) in [6.45, 7) is 5.77. The topological polar surface area (TPSA) is 86.3 Å². The van der Waals surface area contributed by atoms with Gasteiger partial charge in [-0.05, 0) is 49.9 Å². The Balaban J connectivity index is 1.56. The summed E-state index contributed by atoms with van der Waals surface area (Å²) in [6, 6.07) is 5.70. The van der Waals surface area contributed by atoms with Crippen LogP contribution in [0, 0.1) is 11.7 Å². The summed E-state index contributed by atoms with van der Waals surface area (Å²) in [5.41, 5.74) is 0. The quantitative estimate of drug-likeness (QED) is 0.599. The zero-order valence-electron chi connectivity index (χ0n) is 15.5. The van der Waals surface area contributed by atoms with Gasteiger partial charge in [0.05, 0.1) is 5.25 Å². The highest BCUT2D eigenvalue weighted by Gasteiger charge is 2.26. The molecule has 1 amide bonds. The molecule has 0 radical (unpaired) electrons. The van der Waals surface area contributed by atoms with Crippen LogP contribution < -0.4 is 10.6 Å². The lowest BCUT2D eigenvalue weighted by atomic mass is 9.99.